The van der Waals surface area contributed by atoms with E-state index in [2.05, 4.69) is 10.9 Å². The molecule has 0 atom stereocenters. The summed E-state index contributed by atoms with van der Waals surface area (Å²) in [6.07, 6.45) is 5.36. The van der Waals surface area contributed by atoms with Gasteiger partial charge in [0.25, 0.3) is 5.56 Å². The maximum Gasteiger partial charge on any atom is 0.266 e. The molecule has 0 unspecified atom stereocenters. The summed E-state index contributed by atoms with van der Waals surface area (Å²) in [7, 11) is 1.58. The highest BCUT2D eigenvalue weighted by molar-refractivity contribution is 7.99. The van der Waals surface area contributed by atoms with Gasteiger partial charge in [-0.05, 0) is 24.3 Å². The predicted molar refractivity (Wildman–Crippen MR) is 93.4 cm³/mol. The minimum absolute atomic E-state index is 0.139. The molecule has 0 N–H and O–H groups in total. The molecular formula is C18H14N2O2S. The largest absolute Gasteiger partial charge is 0.495 e. The van der Waals surface area contributed by atoms with Crippen molar-refractivity contribution in [2.45, 2.75) is 5.16 Å². The van der Waals surface area contributed by atoms with Crippen LogP contribution in [-0.2, 0) is 0 Å². The Labute approximate surface area is 138 Å². The van der Waals surface area contributed by atoms with Crippen LogP contribution in [0.2, 0.25) is 0 Å². The molecule has 1 heterocycles. The quantitative estimate of drug-likeness (QED) is 0.420. The number of methoxy groups -OCH3 is 1. The Hall–Kier alpha value is -2.71. The van der Waals surface area contributed by atoms with Crippen molar-refractivity contribution in [3.63, 3.8) is 0 Å². The zero-order chi connectivity index (χ0) is 16.2. The topological polar surface area (TPSA) is 44.1 Å². The van der Waals surface area contributed by atoms with Crippen LogP contribution in [0.25, 0.3) is 16.6 Å². The molecule has 3 rings (SSSR count). The van der Waals surface area contributed by atoms with E-state index in [9.17, 15) is 4.79 Å². The van der Waals surface area contributed by atoms with Crippen molar-refractivity contribution in [1.82, 2.24) is 9.55 Å². The Morgan fingerprint density at radius 2 is 1.96 bits per heavy atom. The van der Waals surface area contributed by atoms with Crippen molar-refractivity contribution in [2.24, 2.45) is 0 Å². The van der Waals surface area contributed by atoms with Crippen LogP contribution in [0.5, 0.6) is 5.75 Å². The molecule has 0 aliphatic heterocycles. The van der Waals surface area contributed by atoms with Gasteiger partial charge >= 0.3 is 0 Å². The first kappa shape index (κ1) is 15.2. The van der Waals surface area contributed by atoms with E-state index in [4.69, 9.17) is 11.2 Å². The summed E-state index contributed by atoms with van der Waals surface area (Å²) >= 11 is 1.35. The van der Waals surface area contributed by atoms with Crippen LogP contribution in [-0.4, -0.2) is 22.4 Å². The maximum atomic E-state index is 13.0. The number of hydrogen-bond donors (Lipinski definition) is 0. The van der Waals surface area contributed by atoms with Crippen molar-refractivity contribution in [2.75, 3.05) is 12.9 Å². The second-order valence-corrected chi connectivity index (χ2v) is 5.66. The monoisotopic (exact) mass is 322 g/mol. The van der Waals surface area contributed by atoms with Gasteiger partial charge in [0, 0.05) is 0 Å². The van der Waals surface area contributed by atoms with Gasteiger partial charge in [-0.2, -0.15) is 0 Å². The molecule has 1 aromatic heterocycles. The van der Waals surface area contributed by atoms with Gasteiger partial charge in [0.05, 0.1) is 29.5 Å². The van der Waals surface area contributed by atoms with Crippen molar-refractivity contribution in [3.05, 3.63) is 58.9 Å². The van der Waals surface area contributed by atoms with Crippen LogP contribution in [0.3, 0.4) is 0 Å². The smallest absolute Gasteiger partial charge is 0.266 e. The summed E-state index contributed by atoms with van der Waals surface area (Å²) in [6.45, 7) is 0. The molecule has 0 saturated heterocycles. The van der Waals surface area contributed by atoms with Crippen LogP contribution in [0.15, 0.2) is 58.5 Å². The Bertz CT molecular complexity index is 957. The average Bonchev–Trinajstić information content (AvgIpc) is 2.60. The molecule has 4 nitrogen and oxygen atoms in total. The number of rotatable bonds is 4. The normalized spacial score (nSPS) is 10.4. The zero-order valence-electron chi connectivity index (χ0n) is 12.5. The van der Waals surface area contributed by atoms with Gasteiger partial charge in [0.15, 0.2) is 5.16 Å². The first-order chi connectivity index (χ1) is 11.3. The Morgan fingerprint density at radius 3 is 2.74 bits per heavy atom. The van der Waals surface area contributed by atoms with Gasteiger partial charge in [-0.1, -0.05) is 41.9 Å². The third-order valence-electron chi connectivity index (χ3n) is 3.36. The Morgan fingerprint density at radius 1 is 1.22 bits per heavy atom. The molecule has 0 bridgehead atoms. The number of thioether (sulfide) groups is 1. The number of para-hydroxylation sites is 3. The number of fused-ring (bicyclic) bond motifs is 1. The van der Waals surface area contributed by atoms with E-state index in [1.165, 1.54) is 11.8 Å². The highest BCUT2D eigenvalue weighted by atomic mass is 32.2. The molecule has 0 spiro atoms. The Balaban J connectivity index is 2.35. The number of aromatic nitrogens is 2. The second-order valence-electron chi connectivity index (χ2n) is 4.72. The van der Waals surface area contributed by atoms with Gasteiger partial charge in [-0.15, -0.1) is 6.42 Å². The highest BCUT2D eigenvalue weighted by Gasteiger charge is 2.15. The van der Waals surface area contributed by atoms with Gasteiger partial charge in [0.2, 0.25) is 0 Å². The van der Waals surface area contributed by atoms with E-state index in [1.807, 2.05) is 42.5 Å². The molecule has 0 amide bonds. The molecule has 0 aliphatic carbocycles. The lowest BCUT2D eigenvalue weighted by Crippen LogP contribution is -2.22. The van der Waals surface area contributed by atoms with Crippen molar-refractivity contribution in [1.29, 1.82) is 0 Å². The Kier molecular flexibility index (Phi) is 4.35. The fourth-order valence-corrected chi connectivity index (χ4v) is 3.03. The number of terminal acetylenes is 1. The van der Waals surface area contributed by atoms with E-state index in [-0.39, 0.29) is 5.56 Å². The first-order valence-electron chi connectivity index (χ1n) is 6.97. The average molecular weight is 322 g/mol. The highest BCUT2D eigenvalue weighted by Crippen LogP contribution is 2.26. The SMILES string of the molecule is C#CCSc1nc2ccccc2c(=O)n1-c1ccccc1OC. The molecule has 0 radical (unpaired) electrons. The van der Waals surface area contributed by atoms with E-state index >= 15 is 0 Å². The lowest BCUT2D eigenvalue weighted by molar-refractivity contribution is 0.411. The zero-order valence-corrected chi connectivity index (χ0v) is 13.3. The fourth-order valence-electron chi connectivity index (χ4n) is 2.34. The minimum atomic E-state index is -0.139. The lowest BCUT2D eigenvalue weighted by atomic mass is 10.2. The van der Waals surface area contributed by atoms with Crippen molar-refractivity contribution < 1.29 is 4.74 Å². The molecular weight excluding hydrogens is 308 g/mol. The lowest BCUT2D eigenvalue weighted by Gasteiger charge is -2.15. The van der Waals surface area contributed by atoms with Gasteiger partial charge < -0.3 is 4.74 Å². The molecule has 114 valence electrons. The standard InChI is InChI=1S/C18H14N2O2S/c1-3-12-23-18-19-14-9-5-4-8-13(14)17(21)20(18)15-10-6-7-11-16(15)22-2/h1,4-11H,12H2,2H3. The molecule has 5 heteroatoms. The number of nitrogens with zero attached hydrogens (tertiary/aromatic N) is 2. The third kappa shape index (κ3) is 2.81. The third-order valence-corrected chi connectivity index (χ3v) is 4.20. The molecule has 0 fully saturated rings. The van der Waals surface area contributed by atoms with Crippen molar-refractivity contribution in [3.8, 4) is 23.8 Å². The van der Waals surface area contributed by atoms with Gasteiger partial charge in [0.1, 0.15) is 5.75 Å². The summed E-state index contributed by atoms with van der Waals surface area (Å²) in [6, 6.07) is 14.6. The molecule has 23 heavy (non-hydrogen) atoms. The summed E-state index contributed by atoms with van der Waals surface area (Å²) < 4.78 is 6.95. The van der Waals surface area contributed by atoms with E-state index in [0.29, 0.717) is 33.2 Å². The van der Waals surface area contributed by atoms with Crippen LogP contribution < -0.4 is 10.3 Å². The van der Waals surface area contributed by atoms with E-state index < -0.39 is 0 Å². The number of ether oxygens (including phenoxy) is 1. The number of benzene rings is 2. The summed E-state index contributed by atoms with van der Waals surface area (Å²) in [5.41, 5.74) is 1.17. The molecule has 3 aromatic rings. The fraction of sp³-hybridized carbons (Fsp3) is 0.111. The van der Waals surface area contributed by atoms with Crippen molar-refractivity contribution >= 4 is 22.7 Å². The van der Waals surface area contributed by atoms with Crippen LogP contribution in [0, 0.1) is 12.3 Å². The van der Waals surface area contributed by atoms with Crippen LogP contribution in [0.4, 0.5) is 0 Å². The summed E-state index contributed by atoms with van der Waals surface area (Å²) in [5, 5.41) is 1.11. The van der Waals surface area contributed by atoms with Gasteiger partial charge in [-0.25, -0.2) is 4.98 Å². The second kappa shape index (κ2) is 6.59. The molecule has 2 aromatic carbocycles. The van der Waals surface area contributed by atoms with Crippen LogP contribution in [0.1, 0.15) is 0 Å². The van der Waals surface area contributed by atoms with E-state index in [1.54, 1.807) is 17.7 Å². The number of hydrogen-bond acceptors (Lipinski definition) is 4. The summed E-state index contributed by atoms with van der Waals surface area (Å²) in [4.78, 5) is 17.6. The molecule has 0 saturated carbocycles. The maximum absolute atomic E-state index is 13.0. The predicted octanol–water partition coefficient (Wildman–Crippen LogP) is 3.12. The first-order valence-corrected chi connectivity index (χ1v) is 7.96. The van der Waals surface area contributed by atoms with Gasteiger partial charge in [-0.3, -0.25) is 9.36 Å². The summed E-state index contributed by atoms with van der Waals surface area (Å²) in [5.74, 6) is 3.60. The van der Waals surface area contributed by atoms with Crippen LogP contribution >= 0.6 is 11.8 Å². The van der Waals surface area contributed by atoms with E-state index in [0.717, 1.165) is 0 Å². The molecule has 0 aliphatic rings. The minimum Gasteiger partial charge on any atom is -0.495 e.